The topological polar surface area (TPSA) is 88.6 Å². The Kier molecular flexibility index (Phi) is 3.45. The van der Waals surface area contributed by atoms with Crippen molar-refractivity contribution in [2.45, 2.75) is 18.9 Å². The number of carbonyl (C=O) groups excluding carboxylic acids is 1. The molecule has 0 bridgehead atoms. The molecule has 1 aromatic rings. The van der Waals surface area contributed by atoms with Crippen molar-refractivity contribution in [3.05, 3.63) is 18.0 Å². The Morgan fingerprint density at radius 1 is 1.24 bits per heavy atom. The molecule has 0 spiro atoms. The van der Waals surface area contributed by atoms with Crippen molar-refractivity contribution in [2.75, 3.05) is 38.2 Å². The molecule has 116 valence electrons. The third kappa shape index (κ3) is 2.91. The van der Waals surface area contributed by atoms with Crippen molar-refractivity contribution < 1.29 is 13.2 Å². The van der Waals surface area contributed by atoms with Crippen LogP contribution in [0.15, 0.2) is 12.3 Å². The third-order valence-electron chi connectivity index (χ3n) is 4.02. The van der Waals surface area contributed by atoms with Crippen LogP contribution in [0.5, 0.6) is 0 Å². The van der Waals surface area contributed by atoms with Crippen LogP contribution in [-0.2, 0) is 10.0 Å². The molecular weight excluding hydrogens is 292 g/mol. The Hall–Kier alpha value is -1.54. The minimum atomic E-state index is -3.18. The van der Waals surface area contributed by atoms with Crippen molar-refractivity contribution in [1.29, 1.82) is 0 Å². The number of amides is 1. The second-order valence-corrected chi connectivity index (χ2v) is 7.73. The fourth-order valence-electron chi connectivity index (χ4n) is 2.71. The highest BCUT2D eigenvalue weighted by Crippen LogP contribution is 2.37. The lowest BCUT2D eigenvalue weighted by molar-refractivity contribution is 0.0687. The van der Waals surface area contributed by atoms with Gasteiger partial charge < -0.3 is 15.2 Å². The molecule has 2 heterocycles. The molecule has 0 atom stereocenters. The van der Waals surface area contributed by atoms with Crippen molar-refractivity contribution in [3.63, 3.8) is 0 Å². The van der Waals surface area contributed by atoms with E-state index < -0.39 is 10.0 Å². The molecule has 1 aromatic heterocycles. The summed E-state index contributed by atoms with van der Waals surface area (Å²) in [5, 5.41) is 0. The van der Waals surface area contributed by atoms with Crippen LogP contribution in [0.25, 0.3) is 0 Å². The number of sulfonamides is 1. The van der Waals surface area contributed by atoms with Crippen LogP contribution in [-0.4, -0.2) is 60.5 Å². The predicted molar refractivity (Wildman–Crippen MR) is 79.4 cm³/mol. The average molecular weight is 312 g/mol. The lowest BCUT2D eigenvalue weighted by Gasteiger charge is -2.33. The summed E-state index contributed by atoms with van der Waals surface area (Å²) in [6.45, 7) is 1.54. The number of piperazine rings is 1. The van der Waals surface area contributed by atoms with Gasteiger partial charge in [0.25, 0.3) is 5.91 Å². The number of nitrogen functional groups attached to an aromatic ring is 1. The molecule has 1 aliphatic heterocycles. The molecule has 0 radical (unpaired) electrons. The van der Waals surface area contributed by atoms with E-state index in [4.69, 9.17) is 5.73 Å². The summed E-state index contributed by atoms with van der Waals surface area (Å²) in [5.74, 6) is -0.0632. The van der Waals surface area contributed by atoms with Gasteiger partial charge in [-0.05, 0) is 18.9 Å². The highest BCUT2D eigenvalue weighted by molar-refractivity contribution is 7.88. The van der Waals surface area contributed by atoms with E-state index in [0.717, 1.165) is 12.8 Å². The molecule has 1 amide bonds. The summed E-state index contributed by atoms with van der Waals surface area (Å²) in [4.78, 5) is 14.3. The van der Waals surface area contributed by atoms with E-state index in [9.17, 15) is 13.2 Å². The Morgan fingerprint density at radius 3 is 2.38 bits per heavy atom. The highest BCUT2D eigenvalue weighted by Gasteiger charge is 2.31. The molecule has 7 nitrogen and oxygen atoms in total. The largest absolute Gasteiger partial charge is 0.397 e. The van der Waals surface area contributed by atoms with Crippen molar-refractivity contribution in [3.8, 4) is 0 Å². The van der Waals surface area contributed by atoms with Gasteiger partial charge in [0.1, 0.15) is 5.69 Å². The van der Waals surface area contributed by atoms with E-state index in [2.05, 4.69) is 0 Å². The first-order valence-corrected chi connectivity index (χ1v) is 8.93. The molecule has 1 saturated carbocycles. The van der Waals surface area contributed by atoms with E-state index in [1.807, 2.05) is 10.8 Å². The van der Waals surface area contributed by atoms with Gasteiger partial charge in [-0.3, -0.25) is 4.79 Å². The molecule has 0 aromatic carbocycles. The summed E-state index contributed by atoms with van der Waals surface area (Å²) in [7, 11) is -3.18. The van der Waals surface area contributed by atoms with Gasteiger partial charge in [-0.25, -0.2) is 8.42 Å². The zero-order valence-electron chi connectivity index (χ0n) is 12.0. The summed E-state index contributed by atoms with van der Waals surface area (Å²) >= 11 is 0. The zero-order chi connectivity index (χ0) is 15.2. The Morgan fingerprint density at radius 2 is 1.86 bits per heavy atom. The highest BCUT2D eigenvalue weighted by atomic mass is 32.2. The Bertz CT molecular complexity index is 655. The number of nitrogens with two attached hydrogens (primary N) is 1. The van der Waals surface area contributed by atoms with Gasteiger partial charge in [-0.15, -0.1) is 0 Å². The normalized spacial score (nSPS) is 20.7. The number of nitrogens with zero attached hydrogens (tertiary/aromatic N) is 3. The number of hydrogen-bond donors (Lipinski definition) is 1. The lowest BCUT2D eigenvalue weighted by atomic mass is 10.3. The van der Waals surface area contributed by atoms with Crippen LogP contribution in [0.2, 0.25) is 0 Å². The maximum atomic E-state index is 12.6. The first-order chi connectivity index (χ1) is 9.86. The molecule has 8 heteroatoms. The molecular formula is C13H20N4O3S. The SMILES string of the molecule is CS(=O)(=O)N1CCN(C(=O)c2cc(N)cn2C2CC2)CC1. The fourth-order valence-corrected chi connectivity index (χ4v) is 3.54. The molecule has 2 N–H and O–H groups in total. The molecule has 2 fully saturated rings. The second-order valence-electron chi connectivity index (χ2n) is 5.75. The number of hydrogen-bond acceptors (Lipinski definition) is 4. The van der Waals surface area contributed by atoms with Crippen LogP contribution in [0.4, 0.5) is 5.69 Å². The van der Waals surface area contributed by atoms with E-state index in [1.165, 1.54) is 10.6 Å². The second kappa shape index (κ2) is 5.03. The fraction of sp³-hybridized carbons (Fsp3) is 0.615. The quantitative estimate of drug-likeness (QED) is 0.859. The van der Waals surface area contributed by atoms with Gasteiger partial charge in [0, 0.05) is 38.4 Å². The van der Waals surface area contributed by atoms with Gasteiger partial charge >= 0.3 is 0 Å². The van der Waals surface area contributed by atoms with Crippen LogP contribution in [0.1, 0.15) is 29.4 Å². The predicted octanol–water partition coefficient (Wildman–Crippen LogP) is 0.123. The van der Waals surface area contributed by atoms with Gasteiger partial charge in [0.2, 0.25) is 10.0 Å². The third-order valence-corrected chi connectivity index (χ3v) is 5.33. The molecule has 1 saturated heterocycles. The van der Waals surface area contributed by atoms with Crippen molar-refractivity contribution in [1.82, 2.24) is 13.8 Å². The molecule has 3 rings (SSSR count). The number of carbonyl (C=O) groups is 1. The van der Waals surface area contributed by atoms with Gasteiger partial charge in [0.05, 0.1) is 11.9 Å². The Labute approximate surface area is 124 Å². The minimum absolute atomic E-state index is 0.0632. The van der Waals surface area contributed by atoms with Gasteiger partial charge in [0.15, 0.2) is 0 Å². The summed E-state index contributed by atoms with van der Waals surface area (Å²) in [6.07, 6.45) is 5.17. The average Bonchev–Trinajstić information content (AvgIpc) is 3.20. The number of anilines is 1. The lowest BCUT2D eigenvalue weighted by Crippen LogP contribution is -2.50. The van der Waals surface area contributed by atoms with E-state index in [0.29, 0.717) is 43.6 Å². The standard InChI is InChI=1S/C13H20N4O3S/c1-21(19,20)16-6-4-15(5-7-16)13(18)12-8-10(14)9-17(12)11-2-3-11/h8-9,11H,2-7,14H2,1H3. The number of rotatable bonds is 3. The molecule has 0 unspecified atom stereocenters. The van der Waals surface area contributed by atoms with Crippen molar-refractivity contribution >= 4 is 21.6 Å². The molecule has 2 aliphatic rings. The van der Waals surface area contributed by atoms with E-state index >= 15 is 0 Å². The summed E-state index contributed by atoms with van der Waals surface area (Å²) in [6, 6.07) is 2.10. The van der Waals surface area contributed by atoms with Gasteiger partial charge in [-0.2, -0.15) is 4.31 Å². The summed E-state index contributed by atoms with van der Waals surface area (Å²) in [5.41, 5.74) is 7.02. The monoisotopic (exact) mass is 312 g/mol. The van der Waals surface area contributed by atoms with Crippen LogP contribution < -0.4 is 5.73 Å². The van der Waals surface area contributed by atoms with Gasteiger partial charge in [-0.1, -0.05) is 0 Å². The van der Waals surface area contributed by atoms with E-state index in [-0.39, 0.29) is 5.91 Å². The maximum Gasteiger partial charge on any atom is 0.270 e. The Balaban J connectivity index is 1.72. The first kappa shape index (κ1) is 14.4. The van der Waals surface area contributed by atoms with Crippen LogP contribution >= 0.6 is 0 Å². The van der Waals surface area contributed by atoms with Crippen LogP contribution in [0, 0.1) is 0 Å². The van der Waals surface area contributed by atoms with Crippen LogP contribution in [0.3, 0.4) is 0 Å². The maximum absolute atomic E-state index is 12.6. The van der Waals surface area contributed by atoms with E-state index in [1.54, 1.807) is 11.0 Å². The molecule has 21 heavy (non-hydrogen) atoms. The minimum Gasteiger partial charge on any atom is -0.397 e. The molecule has 1 aliphatic carbocycles. The smallest absolute Gasteiger partial charge is 0.270 e. The first-order valence-electron chi connectivity index (χ1n) is 7.08. The zero-order valence-corrected chi connectivity index (χ0v) is 12.8. The summed E-state index contributed by atoms with van der Waals surface area (Å²) < 4.78 is 26.3. The number of aromatic nitrogens is 1. The van der Waals surface area contributed by atoms with Crippen molar-refractivity contribution in [2.24, 2.45) is 0 Å².